The number of esters is 1. The zero-order chi connectivity index (χ0) is 10.2. The molecule has 0 aromatic rings. The lowest BCUT2D eigenvalue weighted by atomic mass is 9.83. The van der Waals surface area contributed by atoms with Gasteiger partial charge in [-0.3, -0.25) is 4.79 Å². The molecule has 3 nitrogen and oxygen atoms in total. The van der Waals surface area contributed by atoms with Gasteiger partial charge in [0, 0.05) is 0 Å². The molecular weight excluding hydrogens is 180 g/mol. The summed E-state index contributed by atoms with van der Waals surface area (Å²) in [5, 5.41) is 9.38. The van der Waals surface area contributed by atoms with Gasteiger partial charge in [0.1, 0.15) is 0 Å². The molecule has 0 heterocycles. The first-order valence-electron chi connectivity index (χ1n) is 5.52. The third-order valence-electron chi connectivity index (χ3n) is 3.71. The van der Waals surface area contributed by atoms with Crippen LogP contribution in [0.25, 0.3) is 0 Å². The minimum Gasteiger partial charge on any atom is -0.466 e. The lowest BCUT2D eigenvalue weighted by Gasteiger charge is -2.25. The van der Waals surface area contributed by atoms with Gasteiger partial charge in [0.05, 0.1) is 18.6 Å². The van der Waals surface area contributed by atoms with E-state index in [4.69, 9.17) is 4.74 Å². The molecule has 0 amide bonds. The van der Waals surface area contributed by atoms with Crippen molar-refractivity contribution in [3.05, 3.63) is 0 Å². The molecule has 2 aliphatic carbocycles. The predicted molar refractivity (Wildman–Crippen MR) is 51.6 cm³/mol. The van der Waals surface area contributed by atoms with Crippen LogP contribution in [0.4, 0.5) is 0 Å². The first-order valence-corrected chi connectivity index (χ1v) is 5.52. The molecule has 2 saturated carbocycles. The molecule has 0 saturated heterocycles. The van der Waals surface area contributed by atoms with Crippen LogP contribution < -0.4 is 0 Å². The summed E-state index contributed by atoms with van der Waals surface area (Å²) in [6, 6.07) is 0. The Labute approximate surface area is 84.4 Å². The fourth-order valence-electron chi connectivity index (χ4n) is 2.65. The number of carbonyl (C=O) groups is 1. The standard InChI is InChI=1S/C11H18O3/c1-2-14-10(13)9-7-11(9)5-3-8(12)4-6-11/h8-9,12H,2-7H2,1H3. The molecule has 14 heavy (non-hydrogen) atoms. The maximum absolute atomic E-state index is 11.5. The van der Waals surface area contributed by atoms with Crippen LogP contribution in [0, 0.1) is 11.3 Å². The Morgan fingerprint density at radius 3 is 2.71 bits per heavy atom. The number of ether oxygens (including phenoxy) is 1. The molecule has 2 rings (SSSR count). The summed E-state index contributed by atoms with van der Waals surface area (Å²) >= 11 is 0. The Morgan fingerprint density at radius 1 is 1.50 bits per heavy atom. The van der Waals surface area contributed by atoms with Gasteiger partial charge >= 0.3 is 5.97 Å². The number of carbonyl (C=O) groups excluding carboxylic acids is 1. The summed E-state index contributed by atoms with van der Waals surface area (Å²) in [6.45, 7) is 2.33. The van der Waals surface area contributed by atoms with Gasteiger partial charge in [0.2, 0.25) is 0 Å². The van der Waals surface area contributed by atoms with Crippen molar-refractivity contribution < 1.29 is 14.6 Å². The summed E-state index contributed by atoms with van der Waals surface area (Å²) in [5.74, 6) is 0.110. The Bertz CT molecular complexity index is 229. The van der Waals surface area contributed by atoms with Crippen LogP contribution in [0.1, 0.15) is 39.0 Å². The highest BCUT2D eigenvalue weighted by atomic mass is 16.5. The maximum Gasteiger partial charge on any atom is 0.309 e. The van der Waals surface area contributed by atoms with Crippen molar-refractivity contribution in [3.8, 4) is 0 Å². The van der Waals surface area contributed by atoms with E-state index >= 15 is 0 Å². The SMILES string of the molecule is CCOC(=O)C1CC12CCC(O)CC2. The Hall–Kier alpha value is -0.570. The van der Waals surface area contributed by atoms with Gasteiger partial charge in [-0.05, 0) is 44.4 Å². The number of hydrogen-bond acceptors (Lipinski definition) is 3. The van der Waals surface area contributed by atoms with Crippen molar-refractivity contribution >= 4 is 5.97 Å². The van der Waals surface area contributed by atoms with Gasteiger partial charge < -0.3 is 9.84 Å². The van der Waals surface area contributed by atoms with Crippen molar-refractivity contribution in [2.24, 2.45) is 11.3 Å². The quantitative estimate of drug-likeness (QED) is 0.684. The monoisotopic (exact) mass is 198 g/mol. The largest absolute Gasteiger partial charge is 0.466 e. The smallest absolute Gasteiger partial charge is 0.309 e. The molecule has 2 fully saturated rings. The van der Waals surface area contributed by atoms with E-state index in [1.807, 2.05) is 6.92 Å². The van der Waals surface area contributed by atoms with E-state index < -0.39 is 0 Å². The van der Waals surface area contributed by atoms with Gasteiger partial charge in [-0.15, -0.1) is 0 Å². The van der Waals surface area contributed by atoms with Crippen LogP contribution >= 0.6 is 0 Å². The second-order valence-electron chi connectivity index (χ2n) is 4.60. The van der Waals surface area contributed by atoms with Crippen molar-refractivity contribution in [3.63, 3.8) is 0 Å². The molecule has 0 bridgehead atoms. The summed E-state index contributed by atoms with van der Waals surface area (Å²) in [7, 11) is 0. The Morgan fingerprint density at radius 2 is 2.14 bits per heavy atom. The average molecular weight is 198 g/mol. The highest BCUT2D eigenvalue weighted by molar-refractivity contribution is 5.77. The van der Waals surface area contributed by atoms with E-state index in [0.717, 1.165) is 32.1 Å². The third kappa shape index (κ3) is 1.65. The van der Waals surface area contributed by atoms with Crippen LogP contribution in [0.5, 0.6) is 0 Å². The number of aliphatic hydroxyl groups excluding tert-OH is 1. The number of hydrogen-bond donors (Lipinski definition) is 1. The second kappa shape index (κ2) is 3.54. The molecule has 80 valence electrons. The predicted octanol–water partition coefficient (Wildman–Crippen LogP) is 1.49. The van der Waals surface area contributed by atoms with Crippen LogP contribution in [0.2, 0.25) is 0 Å². The van der Waals surface area contributed by atoms with Gasteiger partial charge in [0.15, 0.2) is 0 Å². The van der Waals surface area contributed by atoms with E-state index in [-0.39, 0.29) is 23.4 Å². The van der Waals surface area contributed by atoms with E-state index in [0.29, 0.717) is 6.61 Å². The van der Waals surface area contributed by atoms with Crippen LogP contribution in [-0.2, 0) is 9.53 Å². The molecule has 0 radical (unpaired) electrons. The summed E-state index contributed by atoms with van der Waals surface area (Å²) in [6.07, 6.45) is 4.56. The zero-order valence-corrected chi connectivity index (χ0v) is 8.66. The van der Waals surface area contributed by atoms with Gasteiger partial charge in [-0.25, -0.2) is 0 Å². The van der Waals surface area contributed by atoms with Gasteiger partial charge in [-0.2, -0.15) is 0 Å². The minimum absolute atomic E-state index is 0.0242. The average Bonchev–Trinajstić information content (AvgIpc) is 2.87. The lowest BCUT2D eigenvalue weighted by molar-refractivity contribution is -0.146. The maximum atomic E-state index is 11.5. The van der Waals surface area contributed by atoms with E-state index in [9.17, 15) is 9.90 Å². The number of rotatable bonds is 2. The molecule has 1 atom stereocenters. The van der Waals surface area contributed by atoms with E-state index in [2.05, 4.69) is 0 Å². The lowest BCUT2D eigenvalue weighted by Crippen LogP contribution is -2.23. The molecule has 2 aliphatic rings. The first-order chi connectivity index (χ1) is 6.68. The first kappa shape index (κ1) is 9.97. The summed E-state index contributed by atoms with van der Waals surface area (Å²) in [5.41, 5.74) is 0.214. The van der Waals surface area contributed by atoms with Crippen LogP contribution in [-0.4, -0.2) is 23.8 Å². The molecule has 0 aromatic heterocycles. The van der Waals surface area contributed by atoms with Gasteiger partial charge in [0.25, 0.3) is 0 Å². The van der Waals surface area contributed by atoms with E-state index in [1.54, 1.807) is 0 Å². The minimum atomic E-state index is -0.135. The zero-order valence-electron chi connectivity index (χ0n) is 8.66. The Kier molecular flexibility index (Phi) is 2.52. The van der Waals surface area contributed by atoms with Crippen molar-refractivity contribution in [1.82, 2.24) is 0 Å². The normalized spacial score (nSPS) is 41.0. The van der Waals surface area contributed by atoms with Crippen LogP contribution in [0.3, 0.4) is 0 Å². The van der Waals surface area contributed by atoms with Crippen LogP contribution in [0.15, 0.2) is 0 Å². The third-order valence-corrected chi connectivity index (χ3v) is 3.71. The van der Waals surface area contributed by atoms with Crippen molar-refractivity contribution in [1.29, 1.82) is 0 Å². The molecule has 0 aromatic carbocycles. The second-order valence-corrected chi connectivity index (χ2v) is 4.60. The molecule has 1 unspecified atom stereocenters. The fourth-order valence-corrected chi connectivity index (χ4v) is 2.65. The van der Waals surface area contributed by atoms with Crippen molar-refractivity contribution in [2.75, 3.05) is 6.61 Å². The molecule has 1 N–H and O–H groups in total. The Balaban J connectivity index is 1.87. The molecular formula is C11H18O3. The molecule has 3 heteroatoms. The van der Waals surface area contributed by atoms with Crippen molar-refractivity contribution in [2.45, 2.75) is 45.1 Å². The summed E-state index contributed by atoms with van der Waals surface area (Å²) < 4.78 is 5.02. The van der Waals surface area contributed by atoms with E-state index in [1.165, 1.54) is 0 Å². The number of aliphatic hydroxyl groups is 1. The highest BCUT2D eigenvalue weighted by Crippen LogP contribution is 2.61. The molecule has 1 spiro atoms. The molecule has 0 aliphatic heterocycles. The highest BCUT2D eigenvalue weighted by Gasteiger charge is 2.59. The van der Waals surface area contributed by atoms with Gasteiger partial charge in [-0.1, -0.05) is 0 Å². The summed E-state index contributed by atoms with van der Waals surface area (Å²) in [4.78, 5) is 11.5. The fraction of sp³-hybridized carbons (Fsp3) is 0.909. The topological polar surface area (TPSA) is 46.5 Å².